The molecule has 164 valence electrons. The van der Waals surface area contributed by atoms with E-state index in [9.17, 15) is 9.59 Å². The number of aldehydes is 1. The molecule has 0 aliphatic heterocycles. The monoisotopic (exact) mass is 416 g/mol. The molecule has 0 fully saturated rings. The summed E-state index contributed by atoms with van der Waals surface area (Å²) in [5.41, 5.74) is 2.21. The summed E-state index contributed by atoms with van der Waals surface area (Å²) in [6, 6.07) is 15.0. The number of carbonyl (C=O) groups is 2. The van der Waals surface area contributed by atoms with Crippen molar-refractivity contribution in [3.8, 4) is 16.9 Å². The van der Waals surface area contributed by atoms with Crippen LogP contribution in [0.2, 0.25) is 0 Å². The van der Waals surface area contributed by atoms with Crippen LogP contribution in [0.25, 0.3) is 11.1 Å². The first-order valence-corrected chi connectivity index (χ1v) is 9.86. The summed E-state index contributed by atoms with van der Waals surface area (Å²) in [7, 11) is 1.68. The zero-order chi connectivity index (χ0) is 22.4. The van der Waals surface area contributed by atoms with Crippen LogP contribution in [0.1, 0.15) is 38.1 Å². The molecule has 0 unspecified atom stereocenters. The molecule has 0 aliphatic carbocycles. The summed E-state index contributed by atoms with van der Waals surface area (Å²) >= 11 is 0. The second kappa shape index (κ2) is 13.5. The zero-order valence-electron chi connectivity index (χ0n) is 18.5. The van der Waals surface area contributed by atoms with Crippen molar-refractivity contribution in [3.63, 3.8) is 0 Å². The van der Waals surface area contributed by atoms with Gasteiger partial charge in [0, 0.05) is 19.3 Å². The van der Waals surface area contributed by atoms with Gasteiger partial charge >= 0.3 is 5.97 Å². The van der Waals surface area contributed by atoms with E-state index in [1.54, 1.807) is 19.2 Å². The van der Waals surface area contributed by atoms with Crippen LogP contribution in [0.3, 0.4) is 0 Å². The van der Waals surface area contributed by atoms with E-state index < -0.39 is 5.60 Å². The Morgan fingerprint density at radius 2 is 1.47 bits per heavy atom. The van der Waals surface area contributed by atoms with E-state index in [1.165, 1.54) is 0 Å². The third-order valence-electron chi connectivity index (χ3n) is 3.66. The molecule has 2 aromatic carbocycles. The summed E-state index contributed by atoms with van der Waals surface area (Å²) in [6.07, 6.45) is 0.825. The van der Waals surface area contributed by atoms with E-state index in [4.69, 9.17) is 14.2 Å². The molecule has 6 nitrogen and oxygen atoms in total. The summed E-state index contributed by atoms with van der Waals surface area (Å²) in [6.45, 7) is 8.78. The van der Waals surface area contributed by atoms with Crippen LogP contribution in [0.5, 0.6) is 5.75 Å². The van der Waals surface area contributed by atoms with Gasteiger partial charge in [-0.3, -0.25) is 4.79 Å². The standard InChI is InChI=1S/C21H24O5.C3H8O/c1-21(2,3)26-20(23)15-24-12-13-25-19-10-8-18(9-11-19)17-6-4-16(14-22)5-7-17;1-3-4-2/h4-11,14H,12-13,15H2,1-3H3;3H2,1-2H3. The number of benzene rings is 2. The molecule has 0 N–H and O–H groups in total. The minimum atomic E-state index is -0.508. The van der Waals surface area contributed by atoms with Crippen LogP contribution in [0, 0.1) is 0 Å². The number of methoxy groups -OCH3 is 1. The van der Waals surface area contributed by atoms with Gasteiger partial charge in [0.1, 0.15) is 30.9 Å². The topological polar surface area (TPSA) is 71.1 Å². The summed E-state index contributed by atoms with van der Waals surface area (Å²) in [4.78, 5) is 22.2. The molecule has 0 saturated carbocycles. The third-order valence-corrected chi connectivity index (χ3v) is 3.66. The van der Waals surface area contributed by atoms with Crippen molar-refractivity contribution in [2.24, 2.45) is 0 Å². The van der Waals surface area contributed by atoms with Gasteiger partial charge in [0.15, 0.2) is 0 Å². The highest BCUT2D eigenvalue weighted by molar-refractivity contribution is 5.77. The molecule has 0 bridgehead atoms. The van der Waals surface area contributed by atoms with E-state index in [0.29, 0.717) is 18.8 Å². The second-order valence-electron chi connectivity index (χ2n) is 7.33. The largest absolute Gasteiger partial charge is 0.491 e. The molecule has 0 aliphatic rings. The fourth-order valence-corrected chi connectivity index (χ4v) is 2.24. The van der Waals surface area contributed by atoms with Crippen LogP contribution in [0.4, 0.5) is 0 Å². The van der Waals surface area contributed by atoms with Gasteiger partial charge in [0.25, 0.3) is 0 Å². The minimum Gasteiger partial charge on any atom is -0.491 e. The number of ether oxygens (including phenoxy) is 4. The summed E-state index contributed by atoms with van der Waals surface area (Å²) in [5.74, 6) is 0.335. The maximum atomic E-state index is 11.5. The first-order valence-electron chi connectivity index (χ1n) is 9.86. The van der Waals surface area contributed by atoms with Gasteiger partial charge in [0.05, 0.1) is 6.61 Å². The smallest absolute Gasteiger partial charge is 0.332 e. The van der Waals surface area contributed by atoms with Crippen LogP contribution >= 0.6 is 0 Å². The molecule has 0 aromatic heterocycles. The molecule has 30 heavy (non-hydrogen) atoms. The third kappa shape index (κ3) is 10.7. The lowest BCUT2D eigenvalue weighted by Gasteiger charge is -2.19. The van der Waals surface area contributed by atoms with E-state index >= 15 is 0 Å². The molecule has 2 rings (SSSR count). The molecule has 0 heterocycles. The van der Waals surface area contributed by atoms with Crippen molar-refractivity contribution in [2.75, 3.05) is 33.5 Å². The first kappa shape index (κ1) is 25.3. The van der Waals surface area contributed by atoms with Gasteiger partial charge in [-0.25, -0.2) is 4.79 Å². The molecule has 2 aromatic rings. The lowest BCUT2D eigenvalue weighted by Crippen LogP contribution is -2.27. The Labute approximate surface area is 179 Å². The minimum absolute atomic E-state index is 0.0870. The second-order valence-corrected chi connectivity index (χ2v) is 7.33. The van der Waals surface area contributed by atoms with Gasteiger partial charge in [0.2, 0.25) is 0 Å². The van der Waals surface area contributed by atoms with Gasteiger partial charge in [-0.05, 0) is 51.0 Å². The Morgan fingerprint density at radius 3 is 1.93 bits per heavy atom. The average molecular weight is 417 g/mol. The van der Waals surface area contributed by atoms with Crippen molar-refractivity contribution in [3.05, 3.63) is 54.1 Å². The van der Waals surface area contributed by atoms with Crippen molar-refractivity contribution in [2.45, 2.75) is 33.3 Å². The highest BCUT2D eigenvalue weighted by atomic mass is 16.6. The van der Waals surface area contributed by atoms with Crippen molar-refractivity contribution in [1.29, 1.82) is 0 Å². The molecule has 0 atom stereocenters. The molecule has 0 radical (unpaired) electrons. The van der Waals surface area contributed by atoms with Crippen molar-refractivity contribution < 1.29 is 28.5 Å². The maximum absolute atomic E-state index is 11.5. The zero-order valence-corrected chi connectivity index (χ0v) is 18.5. The summed E-state index contributed by atoms with van der Waals surface area (Å²) < 4.78 is 20.5. The van der Waals surface area contributed by atoms with Crippen LogP contribution in [-0.2, 0) is 19.0 Å². The van der Waals surface area contributed by atoms with E-state index in [2.05, 4.69) is 4.74 Å². The molecule has 6 heteroatoms. The van der Waals surface area contributed by atoms with Crippen LogP contribution in [-0.4, -0.2) is 51.4 Å². The molecule has 0 saturated heterocycles. The fourth-order valence-electron chi connectivity index (χ4n) is 2.24. The van der Waals surface area contributed by atoms with Crippen molar-refractivity contribution >= 4 is 12.3 Å². The Kier molecular flexibility index (Phi) is 11.4. The maximum Gasteiger partial charge on any atom is 0.332 e. The lowest BCUT2D eigenvalue weighted by atomic mass is 10.0. The number of hydrogen-bond acceptors (Lipinski definition) is 6. The highest BCUT2D eigenvalue weighted by Crippen LogP contribution is 2.22. The number of carbonyl (C=O) groups excluding carboxylic acids is 2. The van der Waals surface area contributed by atoms with Gasteiger partial charge in [-0.15, -0.1) is 0 Å². The Morgan fingerprint density at radius 1 is 0.933 bits per heavy atom. The summed E-state index contributed by atoms with van der Waals surface area (Å²) in [5, 5.41) is 0. The fraction of sp³-hybridized carbons (Fsp3) is 0.417. The highest BCUT2D eigenvalue weighted by Gasteiger charge is 2.15. The van der Waals surface area contributed by atoms with Crippen LogP contribution < -0.4 is 4.74 Å². The number of rotatable bonds is 9. The average Bonchev–Trinajstić information content (AvgIpc) is 2.73. The molecular formula is C24H32O6. The Balaban J connectivity index is 0.00000103. The molecular weight excluding hydrogens is 384 g/mol. The Hall–Kier alpha value is -2.70. The number of esters is 1. The van der Waals surface area contributed by atoms with Crippen LogP contribution in [0.15, 0.2) is 48.5 Å². The quantitative estimate of drug-likeness (QED) is 0.339. The normalized spacial score (nSPS) is 10.6. The molecule has 0 spiro atoms. The van der Waals surface area contributed by atoms with Gasteiger partial charge in [-0.1, -0.05) is 36.4 Å². The van der Waals surface area contributed by atoms with E-state index in [-0.39, 0.29) is 12.6 Å². The molecule has 0 amide bonds. The van der Waals surface area contributed by atoms with Gasteiger partial charge in [-0.2, -0.15) is 0 Å². The lowest BCUT2D eigenvalue weighted by molar-refractivity contribution is -0.160. The van der Waals surface area contributed by atoms with E-state index in [1.807, 2.05) is 64.1 Å². The SMILES string of the molecule is CC(C)(C)OC(=O)COCCOc1ccc(-c2ccc(C=O)cc2)cc1.CCOC. The number of hydrogen-bond donors (Lipinski definition) is 0. The Bertz CT molecular complexity index is 743. The predicted octanol–water partition coefficient (Wildman–Crippen LogP) is 4.56. The van der Waals surface area contributed by atoms with E-state index in [0.717, 1.165) is 29.8 Å². The first-order chi connectivity index (χ1) is 14.3. The van der Waals surface area contributed by atoms with Crippen molar-refractivity contribution in [1.82, 2.24) is 0 Å². The van der Waals surface area contributed by atoms with Gasteiger partial charge < -0.3 is 18.9 Å². The predicted molar refractivity (Wildman–Crippen MR) is 117 cm³/mol.